The molecule has 1 heterocycles. The molecule has 8 heteroatoms. The Hall–Kier alpha value is -3.29. The summed E-state index contributed by atoms with van der Waals surface area (Å²) in [6.07, 6.45) is 0.968. The van der Waals surface area contributed by atoms with E-state index in [0.717, 1.165) is 29.0 Å². The first-order valence-electron chi connectivity index (χ1n) is 9.05. The van der Waals surface area contributed by atoms with Crippen LogP contribution in [0.4, 0.5) is 5.69 Å². The fraction of sp³-hybridized carbons (Fsp3) is 0.350. The molecule has 28 heavy (non-hydrogen) atoms. The van der Waals surface area contributed by atoms with E-state index in [0.29, 0.717) is 12.4 Å². The van der Waals surface area contributed by atoms with Gasteiger partial charge in [0.05, 0.1) is 11.5 Å². The van der Waals surface area contributed by atoms with Crippen molar-refractivity contribution in [2.24, 2.45) is 0 Å². The number of nitro benzene ring substituents is 1. The fourth-order valence-electron chi connectivity index (χ4n) is 2.97. The smallest absolute Gasteiger partial charge is 0.269 e. The Kier molecular flexibility index (Phi) is 5.98. The average Bonchev–Trinajstić information content (AvgIpc) is 3.03. The summed E-state index contributed by atoms with van der Waals surface area (Å²) >= 11 is 0. The van der Waals surface area contributed by atoms with Gasteiger partial charge in [-0.2, -0.15) is 0 Å². The van der Waals surface area contributed by atoms with Crippen molar-refractivity contribution in [1.29, 1.82) is 0 Å². The molecule has 0 spiro atoms. The Morgan fingerprint density at radius 1 is 1.29 bits per heavy atom. The van der Waals surface area contributed by atoms with Gasteiger partial charge in [0.1, 0.15) is 23.4 Å². The Morgan fingerprint density at radius 3 is 2.71 bits per heavy atom. The van der Waals surface area contributed by atoms with Crippen molar-refractivity contribution in [2.45, 2.75) is 32.9 Å². The maximum Gasteiger partial charge on any atom is 0.269 e. The Morgan fingerprint density at radius 2 is 2.04 bits per heavy atom. The van der Waals surface area contributed by atoms with Crippen LogP contribution in [0.1, 0.15) is 25.0 Å². The molecular weight excluding hydrogens is 364 g/mol. The molecule has 8 nitrogen and oxygen atoms in total. The summed E-state index contributed by atoms with van der Waals surface area (Å²) in [6.45, 7) is 4.53. The van der Waals surface area contributed by atoms with E-state index in [1.807, 2.05) is 26.0 Å². The first-order chi connectivity index (χ1) is 13.5. The summed E-state index contributed by atoms with van der Waals surface area (Å²) in [5.74, 6) is 1.63. The van der Waals surface area contributed by atoms with E-state index in [1.165, 1.54) is 24.3 Å². The summed E-state index contributed by atoms with van der Waals surface area (Å²) in [5, 5.41) is 13.4. The number of hydrogen-bond donors (Lipinski definition) is 1. The number of rotatable bonds is 8. The number of hydrogen-bond acceptors (Lipinski definition) is 6. The molecule has 0 radical (unpaired) electrons. The van der Waals surface area contributed by atoms with Gasteiger partial charge in [-0.15, -0.1) is 0 Å². The van der Waals surface area contributed by atoms with E-state index < -0.39 is 4.92 Å². The van der Waals surface area contributed by atoms with Crippen LogP contribution in [-0.2, 0) is 17.8 Å². The van der Waals surface area contributed by atoms with Gasteiger partial charge in [0.25, 0.3) is 11.6 Å². The lowest BCUT2D eigenvalue weighted by Gasteiger charge is -2.13. The number of non-ortho nitro benzene ring substituents is 1. The highest BCUT2D eigenvalue weighted by Crippen LogP contribution is 2.35. The molecule has 2 aromatic rings. The minimum atomic E-state index is -0.493. The minimum absolute atomic E-state index is 0.0339. The highest BCUT2D eigenvalue weighted by Gasteiger charge is 2.22. The Bertz CT molecular complexity index is 866. The van der Waals surface area contributed by atoms with Crippen LogP contribution < -0.4 is 19.5 Å². The number of amides is 1. The molecule has 0 fully saturated rings. The van der Waals surface area contributed by atoms with Crippen LogP contribution in [0.15, 0.2) is 36.4 Å². The van der Waals surface area contributed by atoms with Gasteiger partial charge < -0.3 is 19.5 Å². The summed E-state index contributed by atoms with van der Waals surface area (Å²) in [7, 11) is 0. The second-order valence-electron chi connectivity index (χ2n) is 6.45. The van der Waals surface area contributed by atoms with Gasteiger partial charge >= 0.3 is 0 Å². The zero-order valence-electron chi connectivity index (χ0n) is 15.8. The molecule has 1 unspecified atom stereocenters. The highest BCUT2D eigenvalue weighted by atomic mass is 16.6. The molecule has 148 valence electrons. The van der Waals surface area contributed by atoms with Crippen LogP contribution in [-0.4, -0.2) is 30.1 Å². The summed E-state index contributed by atoms with van der Waals surface area (Å²) in [4.78, 5) is 22.3. The topological polar surface area (TPSA) is 99.9 Å². The first kappa shape index (κ1) is 19.5. The molecule has 1 atom stereocenters. The molecule has 1 aliphatic rings. The van der Waals surface area contributed by atoms with Crippen LogP contribution >= 0.6 is 0 Å². The zero-order chi connectivity index (χ0) is 20.1. The monoisotopic (exact) mass is 386 g/mol. The molecule has 0 aliphatic carbocycles. The van der Waals surface area contributed by atoms with Crippen LogP contribution in [0.5, 0.6) is 17.2 Å². The summed E-state index contributed by atoms with van der Waals surface area (Å²) in [5.41, 5.74) is 1.90. The first-order valence-corrected chi connectivity index (χ1v) is 9.05. The minimum Gasteiger partial charge on any atom is -0.494 e. The van der Waals surface area contributed by atoms with Gasteiger partial charge in [0.15, 0.2) is 6.61 Å². The largest absolute Gasteiger partial charge is 0.494 e. The molecular formula is C20H22N2O6. The van der Waals surface area contributed by atoms with Crippen LogP contribution in [0.3, 0.4) is 0 Å². The molecule has 0 aromatic heterocycles. The molecule has 2 aromatic carbocycles. The summed E-state index contributed by atoms with van der Waals surface area (Å²) in [6, 6.07) is 9.44. The predicted molar refractivity (Wildman–Crippen MR) is 102 cm³/mol. The number of fused-ring (bicyclic) bond motifs is 1. The lowest BCUT2D eigenvalue weighted by atomic mass is 10.1. The predicted octanol–water partition coefficient (Wildman–Crippen LogP) is 3.01. The van der Waals surface area contributed by atoms with Crippen LogP contribution in [0.2, 0.25) is 0 Å². The number of carbonyl (C=O) groups is 1. The van der Waals surface area contributed by atoms with Crippen molar-refractivity contribution in [3.8, 4) is 17.2 Å². The van der Waals surface area contributed by atoms with Gasteiger partial charge in [-0.05, 0) is 38.1 Å². The molecule has 1 amide bonds. The van der Waals surface area contributed by atoms with E-state index in [9.17, 15) is 14.9 Å². The fourth-order valence-corrected chi connectivity index (χ4v) is 2.97. The molecule has 3 rings (SSSR count). The van der Waals surface area contributed by atoms with Crippen molar-refractivity contribution < 1.29 is 23.9 Å². The van der Waals surface area contributed by atoms with E-state index in [2.05, 4.69) is 5.32 Å². The van der Waals surface area contributed by atoms with Crippen molar-refractivity contribution in [2.75, 3.05) is 13.2 Å². The molecule has 0 bridgehead atoms. The number of ether oxygens (including phenoxy) is 3. The van der Waals surface area contributed by atoms with Gasteiger partial charge in [-0.25, -0.2) is 0 Å². The van der Waals surface area contributed by atoms with Gasteiger partial charge in [-0.3, -0.25) is 14.9 Å². The van der Waals surface area contributed by atoms with E-state index in [1.54, 1.807) is 0 Å². The zero-order valence-corrected chi connectivity index (χ0v) is 15.8. The third-order valence-corrected chi connectivity index (χ3v) is 4.27. The lowest BCUT2D eigenvalue weighted by Crippen LogP contribution is -2.28. The molecule has 0 saturated heterocycles. The molecule has 1 aliphatic heterocycles. The Labute approximate surface area is 162 Å². The maximum atomic E-state index is 12.1. The standard InChI is InChI=1S/C20H22N2O6/c1-3-26-18-9-14-8-13(2)28-19(14)10-15(18)11-21-20(23)12-27-17-6-4-16(5-7-17)22(24)25/h4-7,9-10,13H,3,8,11-12H2,1-2H3,(H,21,23). The number of nitro groups is 1. The summed E-state index contributed by atoms with van der Waals surface area (Å²) < 4.78 is 16.8. The van der Waals surface area contributed by atoms with Crippen LogP contribution in [0.25, 0.3) is 0 Å². The Balaban J connectivity index is 1.56. The SMILES string of the molecule is CCOc1cc2c(cc1CNC(=O)COc1ccc([N+](=O)[O-])cc1)OC(C)C2. The van der Waals surface area contributed by atoms with Crippen LogP contribution in [0, 0.1) is 10.1 Å². The molecule has 1 N–H and O–H groups in total. The van der Waals surface area contributed by atoms with Gasteiger partial charge in [0.2, 0.25) is 0 Å². The molecule has 0 saturated carbocycles. The van der Waals surface area contributed by atoms with Gasteiger partial charge in [-0.1, -0.05) is 0 Å². The van der Waals surface area contributed by atoms with Crippen molar-refractivity contribution in [1.82, 2.24) is 5.32 Å². The van der Waals surface area contributed by atoms with Gasteiger partial charge in [0, 0.05) is 36.2 Å². The lowest BCUT2D eigenvalue weighted by molar-refractivity contribution is -0.384. The average molecular weight is 386 g/mol. The van der Waals surface area contributed by atoms with E-state index in [4.69, 9.17) is 14.2 Å². The number of nitrogens with zero attached hydrogens (tertiary/aromatic N) is 1. The number of carbonyl (C=O) groups excluding carboxylic acids is 1. The second-order valence-corrected chi connectivity index (χ2v) is 6.45. The quantitative estimate of drug-likeness (QED) is 0.553. The second kappa shape index (κ2) is 8.60. The van der Waals surface area contributed by atoms with Crippen molar-refractivity contribution >= 4 is 11.6 Å². The maximum absolute atomic E-state index is 12.1. The van der Waals surface area contributed by atoms with Crippen molar-refractivity contribution in [3.63, 3.8) is 0 Å². The number of benzene rings is 2. The highest BCUT2D eigenvalue weighted by molar-refractivity contribution is 5.77. The number of nitrogens with one attached hydrogen (secondary N) is 1. The van der Waals surface area contributed by atoms with E-state index >= 15 is 0 Å². The van der Waals surface area contributed by atoms with E-state index in [-0.39, 0.29) is 30.9 Å². The third kappa shape index (κ3) is 4.70. The van der Waals surface area contributed by atoms with Crippen molar-refractivity contribution in [3.05, 3.63) is 57.6 Å². The normalized spacial score (nSPS) is 14.7. The third-order valence-electron chi connectivity index (χ3n) is 4.27.